The topological polar surface area (TPSA) is 88.1 Å². The van der Waals surface area contributed by atoms with Crippen LogP contribution in [0.15, 0.2) is 30.4 Å². The fourth-order valence-electron chi connectivity index (χ4n) is 3.98. The Morgan fingerprint density at radius 2 is 2.17 bits per heavy atom. The Bertz CT molecular complexity index is 759. The molecule has 1 spiro atoms. The Labute approximate surface area is 138 Å². The lowest BCUT2D eigenvalue weighted by molar-refractivity contribution is -0.313. The average Bonchev–Trinajstić information content (AvgIpc) is 3.22. The molecule has 0 aliphatic carbocycles. The fraction of sp³-hybridized carbons (Fsp3) is 0.412. The number of carboxylic acid groups (broad SMARTS) is 1. The lowest BCUT2D eigenvalue weighted by atomic mass is 9.77. The number of anilines is 1. The van der Waals surface area contributed by atoms with E-state index in [1.807, 2.05) is 0 Å². The molecule has 24 heavy (non-hydrogen) atoms. The van der Waals surface area contributed by atoms with E-state index in [-0.39, 0.29) is 12.5 Å². The molecular weight excluding hydrogens is 314 g/mol. The Kier molecular flexibility index (Phi) is 3.11. The number of amides is 1. The molecule has 0 saturated carbocycles. The molecule has 7 heteroatoms. The number of carbonyl (C=O) groups excluding carboxylic acids is 2. The Morgan fingerprint density at radius 1 is 1.38 bits per heavy atom. The molecule has 2 saturated heterocycles. The summed E-state index contributed by atoms with van der Waals surface area (Å²) in [4.78, 5) is 26.0. The van der Waals surface area contributed by atoms with Gasteiger partial charge >= 0.3 is 0 Å². The van der Waals surface area contributed by atoms with E-state index in [9.17, 15) is 14.7 Å². The van der Waals surface area contributed by atoms with Gasteiger partial charge in [0.05, 0.1) is 38.5 Å². The Hall–Kier alpha value is -2.54. The summed E-state index contributed by atoms with van der Waals surface area (Å²) >= 11 is 0. The van der Waals surface area contributed by atoms with Gasteiger partial charge in [0.15, 0.2) is 0 Å². The SMILES string of the molecule is COc1ccc(N2C[C@@]34C=C[C@H](O3)[C@H](C(=O)[O-])[C@@H]4C2=O)c(OC)c1. The van der Waals surface area contributed by atoms with Gasteiger partial charge in [0, 0.05) is 18.0 Å². The number of fused-ring (bicyclic) bond motifs is 1. The monoisotopic (exact) mass is 330 g/mol. The molecule has 4 atom stereocenters. The minimum absolute atomic E-state index is 0.246. The quantitative estimate of drug-likeness (QED) is 0.707. The van der Waals surface area contributed by atoms with E-state index >= 15 is 0 Å². The van der Waals surface area contributed by atoms with E-state index in [4.69, 9.17) is 14.2 Å². The normalized spacial score (nSPS) is 33.0. The van der Waals surface area contributed by atoms with Crippen LogP contribution in [0.1, 0.15) is 0 Å². The van der Waals surface area contributed by atoms with Gasteiger partial charge in [-0.2, -0.15) is 0 Å². The summed E-state index contributed by atoms with van der Waals surface area (Å²) in [6.45, 7) is 0.246. The first-order chi connectivity index (χ1) is 11.5. The maximum atomic E-state index is 12.9. The van der Waals surface area contributed by atoms with Crippen LogP contribution in [0.5, 0.6) is 11.5 Å². The fourth-order valence-corrected chi connectivity index (χ4v) is 3.98. The van der Waals surface area contributed by atoms with E-state index in [1.54, 1.807) is 37.5 Å². The molecule has 1 amide bonds. The summed E-state index contributed by atoms with van der Waals surface area (Å²) < 4.78 is 16.4. The van der Waals surface area contributed by atoms with Crippen molar-refractivity contribution in [2.45, 2.75) is 11.7 Å². The van der Waals surface area contributed by atoms with Crippen molar-refractivity contribution in [1.82, 2.24) is 0 Å². The number of hydrogen-bond acceptors (Lipinski definition) is 6. The third-order valence-corrected chi connectivity index (χ3v) is 5.05. The summed E-state index contributed by atoms with van der Waals surface area (Å²) in [5.41, 5.74) is -0.345. The predicted molar refractivity (Wildman–Crippen MR) is 80.6 cm³/mol. The Morgan fingerprint density at radius 3 is 2.83 bits per heavy atom. The molecule has 1 aromatic carbocycles. The van der Waals surface area contributed by atoms with Gasteiger partial charge in [0.2, 0.25) is 5.91 Å². The number of carbonyl (C=O) groups is 2. The third-order valence-electron chi connectivity index (χ3n) is 5.05. The number of aliphatic carboxylic acids is 1. The third kappa shape index (κ3) is 1.81. The summed E-state index contributed by atoms with van der Waals surface area (Å²) in [5, 5.41) is 11.5. The molecule has 7 nitrogen and oxygen atoms in total. The van der Waals surface area contributed by atoms with Crippen LogP contribution in [0.2, 0.25) is 0 Å². The van der Waals surface area contributed by atoms with Crippen LogP contribution >= 0.6 is 0 Å². The van der Waals surface area contributed by atoms with Crippen molar-refractivity contribution >= 4 is 17.6 Å². The summed E-state index contributed by atoms with van der Waals surface area (Å²) in [5.74, 6) is -2.21. The second-order valence-corrected chi connectivity index (χ2v) is 6.18. The molecule has 3 aliphatic heterocycles. The van der Waals surface area contributed by atoms with Crippen LogP contribution < -0.4 is 19.5 Å². The van der Waals surface area contributed by atoms with E-state index in [2.05, 4.69) is 0 Å². The van der Waals surface area contributed by atoms with Crippen molar-refractivity contribution in [3.8, 4) is 11.5 Å². The number of benzene rings is 1. The minimum atomic E-state index is -1.26. The highest BCUT2D eigenvalue weighted by Gasteiger charge is 2.65. The van der Waals surface area contributed by atoms with Crippen molar-refractivity contribution < 1.29 is 28.9 Å². The lowest BCUT2D eigenvalue weighted by Crippen LogP contribution is -2.45. The maximum absolute atomic E-state index is 12.9. The van der Waals surface area contributed by atoms with Crippen LogP contribution in [0.4, 0.5) is 5.69 Å². The van der Waals surface area contributed by atoms with Crippen molar-refractivity contribution in [1.29, 1.82) is 0 Å². The largest absolute Gasteiger partial charge is 0.550 e. The van der Waals surface area contributed by atoms with Gasteiger partial charge in [-0.3, -0.25) is 4.79 Å². The highest BCUT2D eigenvalue weighted by atomic mass is 16.5. The zero-order valence-corrected chi connectivity index (χ0v) is 13.2. The number of carboxylic acids is 1. The van der Waals surface area contributed by atoms with E-state index in [1.165, 1.54) is 12.0 Å². The first kappa shape index (κ1) is 15.0. The molecular formula is C17H16NO6-. The highest BCUT2D eigenvalue weighted by Crippen LogP contribution is 2.53. The summed E-state index contributed by atoms with van der Waals surface area (Å²) in [6, 6.07) is 5.12. The summed E-state index contributed by atoms with van der Waals surface area (Å²) in [7, 11) is 3.05. The molecule has 2 bridgehead atoms. The maximum Gasteiger partial charge on any atom is 0.234 e. The molecule has 2 fully saturated rings. The van der Waals surface area contributed by atoms with Gasteiger partial charge in [-0.15, -0.1) is 0 Å². The standard InChI is InChI=1S/C17H17NO6/c1-22-9-3-4-10(12(7-9)23-2)18-8-17-6-5-11(24-17)13(16(20)21)14(17)15(18)19/h3-7,11,13-14H,8H2,1-2H3,(H,20,21)/p-1/t11-,13-,14+,17+/m0/s1. The van der Waals surface area contributed by atoms with Crippen LogP contribution in [-0.4, -0.2) is 44.3 Å². The molecule has 4 rings (SSSR count). The van der Waals surface area contributed by atoms with E-state index in [0.717, 1.165) is 0 Å². The second-order valence-electron chi connectivity index (χ2n) is 6.18. The molecule has 0 radical (unpaired) electrons. The molecule has 3 heterocycles. The van der Waals surface area contributed by atoms with Gasteiger partial charge in [0.1, 0.15) is 17.1 Å². The van der Waals surface area contributed by atoms with E-state index in [0.29, 0.717) is 17.2 Å². The highest BCUT2D eigenvalue weighted by molar-refractivity contribution is 6.03. The molecule has 0 N–H and O–H groups in total. The zero-order valence-electron chi connectivity index (χ0n) is 13.2. The zero-order chi connectivity index (χ0) is 17.1. The van der Waals surface area contributed by atoms with Crippen LogP contribution in [0.25, 0.3) is 0 Å². The smallest absolute Gasteiger partial charge is 0.234 e. The van der Waals surface area contributed by atoms with Crippen molar-refractivity contribution in [3.05, 3.63) is 30.4 Å². The number of rotatable bonds is 4. The number of nitrogens with zero attached hydrogens (tertiary/aromatic N) is 1. The van der Waals surface area contributed by atoms with Crippen molar-refractivity contribution in [3.63, 3.8) is 0 Å². The molecule has 0 unspecified atom stereocenters. The van der Waals surface area contributed by atoms with Crippen LogP contribution in [0, 0.1) is 11.8 Å². The lowest BCUT2D eigenvalue weighted by Gasteiger charge is -2.24. The van der Waals surface area contributed by atoms with Gasteiger partial charge < -0.3 is 29.0 Å². The number of hydrogen-bond donors (Lipinski definition) is 0. The summed E-state index contributed by atoms with van der Waals surface area (Å²) in [6.07, 6.45) is 2.91. The molecule has 1 aromatic rings. The number of ether oxygens (including phenoxy) is 3. The van der Waals surface area contributed by atoms with Gasteiger partial charge in [-0.05, 0) is 12.1 Å². The molecule has 3 aliphatic rings. The van der Waals surface area contributed by atoms with Crippen molar-refractivity contribution in [2.75, 3.05) is 25.7 Å². The van der Waals surface area contributed by atoms with E-state index < -0.39 is 29.5 Å². The van der Waals surface area contributed by atoms with Gasteiger partial charge in [0.25, 0.3) is 0 Å². The minimum Gasteiger partial charge on any atom is -0.550 e. The molecule has 0 aromatic heterocycles. The first-order valence-electron chi connectivity index (χ1n) is 7.62. The van der Waals surface area contributed by atoms with Crippen molar-refractivity contribution in [2.24, 2.45) is 11.8 Å². The van der Waals surface area contributed by atoms with Crippen LogP contribution in [-0.2, 0) is 14.3 Å². The Balaban J connectivity index is 1.74. The molecule has 126 valence electrons. The van der Waals surface area contributed by atoms with Gasteiger partial charge in [-0.25, -0.2) is 0 Å². The second kappa shape index (κ2) is 4.98. The number of methoxy groups -OCH3 is 2. The predicted octanol–water partition coefficient (Wildman–Crippen LogP) is -0.260. The van der Waals surface area contributed by atoms with Gasteiger partial charge in [-0.1, -0.05) is 12.2 Å². The average molecular weight is 330 g/mol. The van der Waals surface area contributed by atoms with Crippen LogP contribution in [0.3, 0.4) is 0 Å². The first-order valence-corrected chi connectivity index (χ1v) is 7.62.